The van der Waals surface area contributed by atoms with Gasteiger partial charge in [0, 0.05) is 13.6 Å². The van der Waals surface area contributed by atoms with Crippen LogP contribution in [0.25, 0.3) is 0 Å². The van der Waals surface area contributed by atoms with Gasteiger partial charge in [0.1, 0.15) is 6.33 Å². The van der Waals surface area contributed by atoms with Crippen LogP contribution in [-0.4, -0.2) is 40.1 Å². The number of hydrogen-bond donors (Lipinski definition) is 2. The van der Waals surface area contributed by atoms with Crippen molar-refractivity contribution in [2.45, 2.75) is 51.7 Å². The van der Waals surface area contributed by atoms with Crippen LogP contribution in [0.1, 0.15) is 51.4 Å². The highest BCUT2D eigenvalue weighted by molar-refractivity contribution is 5.74. The molecule has 0 unspecified atom stereocenters. The van der Waals surface area contributed by atoms with Crippen LogP contribution in [0.2, 0.25) is 0 Å². The van der Waals surface area contributed by atoms with Gasteiger partial charge in [-0.2, -0.15) is 0 Å². The topological polar surface area (TPSA) is 81.1 Å². The summed E-state index contributed by atoms with van der Waals surface area (Å²) in [5.74, 6) is 1.35. The van der Waals surface area contributed by atoms with Crippen molar-refractivity contribution in [2.24, 2.45) is 13.0 Å². The van der Waals surface area contributed by atoms with Crippen LogP contribution < -0.4 is 10.6 Å². The van der Waals surface area contributed by atoms with Gasteiger partial charge in [0.2, 0.25) is 0 Å². The van der Waals surface area contributed by atoms with Gasteiger partial charge in [-0.05, 0) is 25.7 Å². The third-order valence-corrected chi connectivity index (χ3v) is 4.23. The van der Waals surface area contributed by atoms with Gasteiger partial charge in [0.15, 0.2) is 5.82 Å². The summed E-state index contributed by atoms with van der Waals surface area (Å²) in [7, 11) is 1.85. The first-order valence-electron chi connectivity index (χ1n) is 8.07. The molecular weight excluding hydrogens is 282 g/mol. The number of rotatable bonds is 6. The number of ether oxygens (including phenoxy) is 1. The Morgan fingerprint density at radius 1 is 1.50 bits per heavy atom. The largest absolute Gasteiger partial charge is 0.376 e. The second-order valence-electron chi connectivity index (χ2n) is 6.09. The van der Waals surface area contributed by atoms with Crippen molar-refractivity contribution >= 4 is 6.03 Å². The van der Waals surface area contributed by atoms with E-state index in [0.717, 1.165) is 12.2 Å². The fraction of sp³-hybridized carbons (Fsp3) is 0.800. The molecule has 1 aromatic heterocycles. The molecule has 1 aliphatic rings. The standard InChI is InChI=1S/C15H27N5O2/c1-11-6-4-5-7-13(11)22-9-8-16-15(21)18-12(2)14-19-17-10-20(14)3/h10-13H,4-9H2,1-3H3,(H2,16,18,21)/t11-,12+,13-/m1/s1. The molecule has 2 N–H and O–H groups in total. The van der Waals surface area contributed by atoms with E-state index in [1.807, 2.05) is 14.0 Å². The number of hydrogen-bond acceptors (Lipinski definition) is 4. The maximum atomic E-state index is 11.8. The van der Waals surface area contributed by atoms with Crippen molar-refractivity contribution in [3.8, 4) is 0 Å². The van der Waals surface area contributed by atoms with Gasteiger partial charge in [-0.3, -0.25) is 0 Å². The minimum absolute atomic E-state index is 0.188. The zero-order valence-corrected chi connectivity index (χ0v) is 13.7. The minimum Gasteiger partial charge on any atom is -0.376 e. The fourth-order valence-corrected chi connectivity index (χ4v) is 2.90. The highest BCUT2D eigenvalue weighted by Gasteiger charge is 2.21. The van der Waals surface area contributed by atoms with E-state index in [4.69, 9.17) is 4.74 Å². The van der Waals surface area contributed by atoms with Crippen molar-refractivity contribution in [1.82, 2.24) is 25.4 Å². The van der Waals surface area contributed by atoms with Crippen LogP contribution in [0.15, 0.2) is 6.33 Å². The average molecular weight is 309 g/mol. The van der Waals surface area contributed by atoms with E-state index >= 15 is 0 Å². The molecule has 1 aliphatic carbocycles. The van der Waals surface area contributed by atoms with Gasteiger partial charge < -0.3 is 19.9 Å². The molecule has 124 valence electrons. The Morgan fingerprint density at radius 2 is 2.27 bits per heavy atom. The molecule has 0 aliphatic heterocycles. The molecule has 3 atom stereocenters. The van der Waals surface area contributed by atoms with Gasteiger partial charge in [-0.15, -0.1) is 10.2 Å². The van der Waals surface area contributed by atoms with E-state index in [0.29, 0.717) is 25.2 Å². The minimum atomic E-state index is -0.212. The lowest BCUT2D eigenvalue weighted by Gasteiger charge is -2.28. The Kier molecular flexibility index (Phi) is 6.18. The molecule has 0 aromatic carbocycles. The maximum absolute atomic E-state index is 11.8. The number of carbonyl (C=O) groups is 1. The molecule has 0 spiro atoms. The average Bonchev–Trinajstić information content (AvgIpc) is 2.91. The highest BCUT2D eigenvalue weighted by atomic mass is 16.5. The second-order valence-corrected chi connectivity index (χ2v) is 6.09. The number of nitrogens with zero attached hydrogens (tertiary/aromatic N) is 3. The van der Waals surface area contributed by atoms with Crippen molar-refractivity contribution in [1.29, 1.82) is 0 Å². The fourth-order valence-electron chi connectivity index (χ4n) is 2.90. The summed E-state index contributed by atoms with van der Waals surface area (Å²) in [6.45, 7) is 5.19. The van der Waals surface area contributed by atoms with E-state index in [9.17, 15) is 4.79 Å². The number of urea groups is 1. The van der Waals surface area contributed by atoms with Crippen LogP contribution in [-0.2, 0) is 11.8 Å². The second kappa shape index (κ2) is 8.12. The van der Waals surface area contributed by atoms with Gasteiger partial charge >= 0.3 is 6.03 Å². The van der Waals surface area contributed by atoms with Crippen LogP contribution in [0, 0.1) is 5.92 Å². The lowest BCUT2D eigenvalue weighted by Crippen LogP contribution is -2.40. The van der Waals surface area contributed by atoms with Gasteiger partial charge in [-0.25, -0.2) is 4.79 Å². The molecule has 22 heavy (non-hydrogen) atoms. The van der Waals surface area contributed by atoms with Gasteiger partial charge in [0.05, 0.1) is 18.8 Å². The molecule has 7 heteroatoms. The molecule has 1 saturated carbocycles. The summed E-state index contributed by atoms with van der Waals surface area (Å²) in [5.41, 5.74) is 0. The zero-order valence-electron chi connectivity index (χ0n) is 13.7. The summed E-state index contributed by atoms with van der Waals surface area (Å²) in [4.78, 5) is 11.8. The molecule has 2 rings (SSSR count). The van der Waals surface area contributed by atoms with Gasteiger partial charge in [-0.1, -0.05) is 19.8 Å². The third-order valence-electron chi connectivity index (χ3n) is 4.23. The third kappa shape index (κ3) is 4.69. The maximum Gasteiger partial charge on any atom is 0.315 e. The van der Waals surface area contributed by atoms with Crippen molar-refractivity contribution < 1.29 is 9.53 Å². The summed E-state index contributed by atoms with van der Waals surface area (Å²) in [5, 5.41) is 13.4. The molecule has 1 aromatic rings. The van der Waals surface area contributed by atoms with Crippen LogP contribution in [0.3, 0.4) is 0 Å². The summed E-state index contributed by atoms with van der Waals surface area (Å²) >= 11 is 0. The van der Waals surface area contributed by atoms with Crippen LogP contribution in [0.5, 0.6) is 0 Å². The van der Waals surface area contributed by atoms with Gasteiger partial charge in [0.25, 0.3) is 0 Å². The number of carbonyl (C=O) groups excluding carboxylic acids is 1. The van der Waals surface area contributed by atoms with Crippen molar-refractivity contribution in [3.63, 3.8) is 0 Å². The highest BCUT2D eigenvalue weighted by Crippen LogP contribution is 2.25. The predicted molar refractivity (Wildman–Crippen MR) is 83.3 cm³/mol. The first-order valence-corrected chi connectivity index (χ1v) is 8.07. The lowest BCUT2D eigenvalue weighted by molar-refractivity contribution is -0.00244. The molecule has 7 nitrogen and oxygen atoms in total. The SMILES string of the molecule is C[C@H](NC(=O)NCCO[C@@H]1CCCC[C@H]1C)c1nncn1C. The number of nitrogens with one attached hydrogen (secondary N) is 2. The predicted octanol–water partition coefficient (Wildman–Crippen LogP) is 1.77. The molecule has 0 radical (unpaired) electrons. The van der Waals surface area contributed by atoms with E-state index in [-0.39, 0.29) is 12.1 Å². The summed E-state index contributed by atoms with van der Waals surface area (Å²) < 4.78 is 7.66. The Labute approximate surface area is 131 Å². The summed E-state index contributed by atoms with van der Waals surface area (Å²) in [6, 6.07) is -0.400. The molecule has 2 amide bonds. The molecule has 1 heterocycles. The number of aryl methyl sites for hydroxylation is 1. The van der Waals surface area contributed by atoms with E-state index in [1.54, 1.807) is 10.9 Å². The Balaban J connectivity index is 1.62. The first kappa shape index (κ1) is 16.7. The van der Waals surface area contributed by atoms with Crippen molar-refractivity contribution in [3.05, 3.63) is 12.2 Å². The number of aromatic nitrogens is 3. The van der Waals surface area contributed by atoms with E-state index < -0.39 is 0 Å². The monoisotopic (exact) mass is 309 g/mol. The Bertz CT molecular complexity index is 476. The van der Waals surface area contributed by atoms with E-state index in [1.165, 1.54) is 19.3 Å². The Hall–Kier alpha value is -1.63. The molecule has 0 bridgehead atoms. The van der Waals surface area contributed by atoms with Crippen LogP contribution >= 0.6 is 0 Å². The van der Waals surface area contributed by atoms with Crippen molar-refractivity contribution in [2.75, 3.05) is 13.2 Å². The quantitative estimate of drug-likeness (QED) is 0.785. The Morgan fingerprint density at radius 3 is 2.95 bits per heavy atom. The van der Waals surface area contributed by atoms with Crippen LogP contribution in [0.4, 0.5) is 4.79 Å². The lowest BCUT2D eigenvalue weighted by atomic mass is 9.88. The normalized spacial score (nSPS) is 23.0. The first-order chi connectivity index (χ1) is 10.6. The number of amides is 2. The zero-order chi connectivity index (χ0) is 15.9. The summed E-state index contributed by atoms with van der Waals surface area (Å²) in [6.07, 6.45) is 6.89. The smallest absolute Gasteiger partial charge is 0.315 e. The van der Waals surface area contributed by atoms with E-state index in [2.05, 4.69) is 27.8 Å². The molecule has 1 fully saturated rings. The molecular formula is C15H27N5O2. The molecule has 0 saturated heterocycles.